The Morgan fingerprint density at radius 1 is 1.05 bits per heavy atom. The van der Waals surface area contributed by atoms with Crippen LogP contribution in [0.3, 0.4) is 0 Å². The van der Waals surface area contributed by atoms with Crippen LogP contribution in [0.5, 0.6) is 0 Å². The number of allylic oxidation sites excluding steroid dienone is 1. The molecule has 0 aliphatic heterocycles. The number of hydrogen-bond donors (Lipinski definition) is 1. The average Bonchev–Trinajstić information content (AvgIpc) is 2.40. The second kappa shape index (κ2) is 8.06. The summed E-state index contributed by atoms with van der Waals surface area (Å²) in [5.41, 5.74) is 8.03. The summed E-state index contributed by atoms with van der Waals surface area (Å²) in [6, 6.07) is 0.131. The van der Waals surface area contributed by atoms with Gasteiger partial charge >= 0.3 is 0 Å². The van der Waals surface area contributed by atoms with E-state index in [2.05, 4.69) is 6.08 Å². The molecule has 1 fully saturated rings. The normalized spacial score (nSPS) is 26.1. The molecule has 0 spiro atoms. The van der Waals surface area contributed by atoms with Crippen molar-refractivity contribution < 1.29 is 4.74 Å². The lowest BCUT2D eigenvalue weighted by atomic mass is 9.80. The van der Waals surface area contributed by atoms with Crippen LogP contribution < -0.4 is 5.73 Å². The molecule has 2 unspecified atom stereocenters. The van der Waals surface area contributed by atoms with Gasteiger partial charge in [0, 0.05) is 7.11 Å². The quantitative estimate of drug-likeness (QED) is 0.774. The molecule has 2 N–H and O–H groups in total. The summed E-state index contributed by atoms with van der Waals surface area (Å²) in [6.45, 7) is 0. The van der Waals surface area contributed by atoms with Crippen LogP contribution in [0, 0.1) is 5.92 Å². The van der Waals surface area contributed by atoms with Crippen molar-refractivity contribution in [1.29, 1.82) is 0 Å². The Kier molecular flexibility index (Phi) is 6.39. The van der Waals surface area contributed by atoms with Crippen LogP contribution in [0.15, 0.2) is 11.6 Å². The van der Waals surface area contributed by atoms with E-state index in [0.29, 0.717) is 5.92 Å². The molecule has 0 saturated heterocycles. The smallest absolute Gasteiger partial charge is 0.0788 e. The van der Waals surface area contributed by atoms with Crippen molar-refractivity contribution in [2.24, 2.45) is 11.7 Å². The summed E-state index contributed by atoms with van der Waals surface area (Å²) in [6.07, 6.45) is 17.2. The molecular formula is C17H31NO. The largest absolute Gasteiger partial charge is 0.379 e. The highest BCUT2D eigenvalue weighted by molar-refractivity contribution is 5.14. The van der Waals surface area contributed by atoms with Gasteiger partial charge in [-0.2, -0.15) is 0 Å². The predicted octanol–water partition coefficient (Wildman–Crippen LogP) is 4.19. The molecule has 0 aromatic heterocycles. The van der Waals surface area contributed by atoms with E-state index in [-0.39, 0.29) is 12.1 Å². The molecule has 2 atom stereocenters. The van der Waals surface area contributed by atoms with E-state index in [9.17, 15) is 0 Å². The lowest BCUT2D eigenvalue weighted by Gasteiger charge is -2.34. The molecule has 2 nitrogen and oxygen atoms in total. The molecule has 2 aliphatic rings. The van der Waals surface area contributed by atoms with E-state index in [1.165, 1.54) is 76.2 Å². The van der Waals surface area contributed by atoms with E-state index in [4.69, 9.17) is 10.5 Å². The summed E-state index contributed by atoms with van der Waals surface area (Å²) < 4.78 is 5.81. The van der Waals surface area contributed by atoms with Gasteiger partial charge in [-0.25, -0.2) is 0 Å². The fourth-order valence-electron chi connectivity index (χ4n) is 3.83. The van der Waals surface area contributed by atoms with E-state index in [1.54, 1.807) is 0 Å². The van der Waals surface area contributed by atoms with Crippen molar-refractivity contribution in [2.45, 2.75) is 82.8 Å². The van der Waals surface area contributed by atoms with Gasteiger partial charge in [-0.3, -0.25) is 0 Å². The second-order valence-electron chi connectivity index (χ2n) is 6.36. The fourth-order valence-corrected chi connectivity index (χ4v) is 3.83. The van der Waals surface area contributed by atoms with Gasteiger partial charge in [0.15, 0.2) is 0 Å². The van der Waals surface area contributed by atoms with Crippen molar-refractivity contribution in [3.63, 3.8) is 0 Å². The summed E-state index contributed by atoms with van der Waals surface area (Å²) >= 11 is 0. The first-order valence-corrected chi connectivity index (χ1v) is 8.30. The molecular weight excluding hydrogens is 234 g/mol. The summed E-state index contributed by atoms with van der Waals surface area (Å²) in [7, 11) is 1.85. The summed E-state index contributed by atoms with van der Waals surface area (Å²) in [4.78, 5) is 0. The molecule has 0 bridgehead atoms. The van der Waals surface area contributed by atoms with E-state index >= 15 is 0 Å². The fraction of sp³-hybridized carbons (Fsp3) is 0.882. The minimum absolute atomic E-state index is 0.131. The van der Waals surface area contributed by atoms with Gasteiger partial charge in [0.25, 0.3) is 0 Å². The molecule has 2 aliphatic carbocycles. The van der Waals surface area contributed by atoms with Gasteiger partial charge in [-0.1, -0.05) is 43.8 Å². The molecule has 0 aromatic carbocycles. The molecule has 2 heteroatoms. The molecule has 0 radical (unpaired) electrons. The second-order valence-corrected chi connectivity index (χ2v) is 6.36. The first-order chi connectivity index (χ1) is 9.33. The molecule has 110 valence electrons. The first kappa shape index (κ1) is 15.1. The number of hydrogen-bond acceptors (Lipinski definition) is 2. The Hall–Kier alpha value is -0.340. The van der Waals surface area contributed by atoms with Gasteiger partial charge in [-0.15, -0.1) is 0 Å². The third-order valence-corrected chi connectivity index (χ3v) is 4.99. The first-order valence-electron chi connectivity index (χ1n) is 8.30. The zero-order valence-corrected chi connectivity index (χ0v) is 12.6. The number of ether oxygens (including phenoxy) is 1. The highest BCUT2D eigenvalue weighted by Crippen LogP contribution is 2.31. The van der Waals surface area contributed by atoms with Gasteiger partial charge in [0.05, 0.1) is 12.1 Å². The lowest BCUT2D eigenvalue weighted by molar-refractivity contribution is 0.0247. The molecule has 0 aromatic rings. The SMILES string of the molecule is COC(C1CCCCC1)C(N)C1=CCCCCCC1. The maximum absolute atomic E-state index is 6.56. The van der Waals surface area contributed by atoms with E-state index < -0.39 is 0 Å². The minimum Gasteiger partial charge on any atom is -0.379 e. The number of nitrogens with two attached hydrogens (primary N) is 1. The molecule has 1 saturated carbocycles. The molecule has 0 heterocycles. The molecule has 2 rings (SSSR count). The van der Waals surface area contributed by atoms with Crippen LogP contribution in [0.4, 0.5) is 0 Å². The van der Waals surface area contributed by atoms with Gasteiger partial charge in [-0.05, 0) is 44.4 Å². The Morgan fingerprint density at radius 2 is 1.74 bits per heavy atom. The highest BCUT2D eigenvalue weighted by Gasteiger charge is 2.30. The third kappa shape index (κ3) is 4.32. The van der Waals surface area contributed by atoms with Crippen molar-refractivity contribution in [2.75, 3.05) is 7.11 Å². The van der Waals surface area contributed by atoms with Crippen molar-refractivity contribution in [1.82, 2.24) is 0 Å². The maximum Gasteiger partial charge on any atom is 0.0788 e. The zero-order chi connectivity index (χ0) is 13.5. The Bertz CT molecular complexity index is 281. The summed E-state index contributed by atoms with van der Waals surface area (Å²) in [5, 5.41) is 0. The van der Waals surface area contributed by atoms with Crippen molar-refractivity contribution in [3.05, 3.63) is 11.6 Å². The Morgan fingerprint density at radius 3 is 2.47 bits per heavy atom. The Labute approximate surface area is 118 Å². The minimum atomic E-state index is 0.131. The Balaban J connectivity index is 1.99. The molecule has 0 amide bonds. The van der Waals surface area contributed by atoms with Gasteiger partial charge in [0.2, 0.25) is 0 Å². The van der Waals surface area contributed by atoms with E-state index in [1.807, 2.05) is 7.11 Å². The standard InChI is InChI=1S/C17H31NO/c1-19-17(15-12-8-5-9-13-15)16(18)14-10-6-3-2-4-7-11-14/h10,15-17H,2-9,11-13,18H2,1H3. The lowest BCUT2D eigenvalue weighted by Crippen LogP contribution is -2.43. The van der Waals surface area contributed by atoms with Crippen LogP contribution in [0.1, 0.15) is 70.6 Å². The summed E-state index contributed by atoms with van der Waals surface area (Å²) in [5.74, 6) is 0.681. The van der Waals surface area contributed by atoms with Gasteiger partial charge in [0.1, 0.15) is 0 Å². The average molecular weight is 265 g/mol. The zero-order valence-electron chi connectivity index (χ0n) is 12.6. The van der Waals surface area contributed by atoms with E-state index in [0.717, 1.165) is 0 Å². The van der Waals surface area contributed by atoms with Crippen LogP contribution in [-0.4, -0.2) is 19.3 Å². The number of methoxy groups -OCH3 is 1. The van der Waals surface area contributed by atoms with Crippen molar-refractivity contribution in [3.8, 4) is 0 Å². The van der Waals surface area contributed by atoms with Gasteiger partial charge < -0.3 is 10.5 Å². The monoisotopic (exact) mass is 265 g/mol. The van der Waals surface area contributed by atoms with Crippen molar-refractivity contribution >= 4 is 0 Å². The molecule has 19 heavy (non-hydrogen) atoms. The van der Waals surface area contributed by atoms with Crippen LogP contribution in [-0.2, 0) is 4.74 Å². The van der Waals surface area contributed by atoms with Crippen LogP contribution >= 0.6 is 0 Å². The number of rotatable bonds is 4. The maximum atomic E-state index is 6.56. The van der Waals surface area contributed by atoms with Crippen LogP contribution in [0.25, 0.3) is 0 Å². The highest BCUT2D eigenvalue weighted by atomic mass is 16.5. The predicted molar refractivity (Wildman–Crippen MR) is 81.1 cm³/mol. The van der Waals surface area contributed by atoms with Crippen LogP contribution in [0.2, 0.25) is 0 Å². The third-order valence-electron chi connectivity index (χ3n) is 4.99. The topological polar surface area (TPSA) is 35.2 Å².